The van der Waals surface area contributed by atoms with Gasteiger partial charge in [0.15, 0.2) is 5.13 Å². The van der Waals surface area contributed by atoms with Crippen molar-refractivity contribution < 1.29 is 9.32 Å². The highest BCUT2D eigenvalue weighted by molar-refractivity contribution is 7.15. The molecule has 0 fully saturated rings. The van der Waals surface area contributed by atoms with E-state index in [4.69, 9.17) is 4.52 Å². The third kappa shape index (κ3) is 2.28. The fourth-order valence-corrected chi connectivity index (χ4v) is 2.45. The summed E-state index contributed by atoms with van der Waals surface area (Å²) in [5, 5.41) is 7.27. The minimum Gasteiger partial charge on any atom is -0.361 e. The summed E-state index contributed by atoms with van der Waals surface area (Å²) in [5.74, 6) is 0.328. The van der Waals surface area contributed by atoms with E-state index in [0.29, 0.717) is 28.6 Å². The molecule has 5 nitrogen and oxygen atoms in total. The first-order valence-electron chi connectivity index (χ1n) is 5.73. The summed E-state index contributed by atoms with van der Waals surface area (Å²) in [5.41, 5.74) is 2.13. The van der Waals surface area contributed by atoms with E-state index in [9.17, 15) is 4.79 Å². The van der Waals surface area contributed by atoms with Crippen LogP contribution in [0.4, 0.5) is 5.13 Å². The number of amides is 1. The number of thiazole rings is 1. The van der Waals surface area contributed by atoms with E-state index < -0.39 is 0 Å². The molecule has 0 unspecified atom stereocenters. The first kappa shape index (κ1) is 12.8. The van der Waals surface area contributed by atoms with Gasteiger partial charge in [-0.05, 0) is 27.2 Å². The molecule has 0 bridgehead atoms. The van der Waals surface area contributed by atoms with Crippen LogP contribution in [-0.4, -0.2) is 16.0 Å². The number of anilines is 1. The van der Waals surface area contributed by atoms with Crippen molar-refractivity contribution in [3.05, 3.63) is 27.6 Å². The van der Waals surface area contributed by atoms with Gasteiger partial charge in [-0.2, -0.15) is 0 Å². The van der Waals surface area contributed by atoms with Crippen LogP contribution in [0.15, 0.2) is 4.52 Å². The quantitative estimate of drug-likeness (QED) is 0.926. The van der Waals surface area contributed by atoms with Crippen molar-refractivity contribution in [2.24, 2.45) is 0 Å². The third-order valence-electron chi connectivity index (χ3n) is 2.74. The normalized spacial score (nSPS) is 10.7. The van der Waals surface area contributed by atoms with E-state index in [1.165, 1.54) is 11.3 Å². The summed E-state index contributed by atoms with van der Waals surface area (Å²) in [7, 11) is 0. The molecule has 6 heteroatoms. The molecule has 2 heterocycles. The van der Waals surface area contributed by atoms with Gasteiger partial charge in [0, 0.05) is 4.88 Å². The second-order valence-electron chi connectivity index (χ2n) is 4.03. The molecule has 0 aliphatic carbocycles. The van der Waals surface area contributed by atoms with Crippen LogP contribution in [0, 0.1) is 20.8 Å². The average molecular weight is 265 g/mol. The molecular weight excluding hydrogens is 250 g/mol. The van der Waals surface area contributed by atoms with Gasteiger partial charge in [-0.15, -0.1) is 11.3 Å². The number of aryl methyl sites for hydroxylation is 4. The Morgan fingerprint density at radius 3 is 2.67 bits per heavy atom. The van der Waals surface area contributed by atoms with E-state index in [-0.39, 0.29) is 5.91 Å². The van der Waals surface area contributed by atoms with Gasteiger partial charge in [0.1, 0.15) is 11.3 Å². The highest BCUT2D eigenvalue weighted by atomic mass is 32.1. The SMILES string of the molecule is CCc1noc(C)c1C(=O)Nc1nc(C)c(C)s1. The minimum absolute atomic E-state index is 0.209. The van der Waals surface area contributed by atoms with Gasteiger partial charge in [0.05, 0.1) is 11.4 Å². The third-order valence-corrected chi connectivity index (χ3v) is 3.73. The zero-order valence-corrected chi connectivity index (χ0v) is 11.6. The van der Waals surface area contributed by atoms with E-state index >= 15 is 0 Å². The first-order valence-corrected chi connectivity index (χ1v) is 6.55. The van der Waals surface area contributed by atoms with E-state index in [2.05, 4.69) is 15.5 Å². The van der Waals surface area contributed by atoms with Gasteiger partial charge in [-0.1, -0.05) is 12.1 Å². The topological polar surface area (TPSA) is 68.0 Å². The van der Waals surface area contributed by atoms with Crippen LogP contribution in [-0.2, 0) is 6.42 Å². The van der Waals surface area contributed by atoms with Gasteiger partial charge >= 0.3 is 0 Å². The molecule has 0 aliphatic rings. The summed E-state index contributed by atoms with van der Waals surface area (Å²) in [6, 6.07) is 0. The number of nitrogens with zero attached hydrogens (tertiary/aromatic N) is 2. The van der Waals surface area contributed by atoms with Crippen molar-refractivity contribution >= 4 is 22.4 Å². The van der Waals surface area contributed by atoms with E-state index in [0.717, 1.165) is 10.6 Å². The van der Waals surface area contributed by atoms with Crippen LogP contribution >= 0.6 is 11.3 Å². The zero-order chi connectivity index (χ0) is 13.3. The van der Waals surface area contributed by atoms with Crippen molar-refractivity contribution in [2.45, 2.75) is 34.1 Å². The molecule has 18 heavy (non-hydrogen) atoms. The lowest BCUT2D eigenvalue weighted by molar-refractivity contribution is 0.102. The monoisotopic (exact) mass is 265 g/mol. The fourth-order valence-electron chi connectivity index (χ4n) is 1.64. The lowest BCUT2D eigenvalue weighted by Gasteiger charge is -2.00. The van der Waals surface area contributed by atoms with Gasteiger partial charge in [-0.3, -0.25) is 10.1 Å². The number of hydrogen-bond acceptors (Lipinski definition) is 5. The van der Waals surface area contributed by atoms with Crippen LogP contribution in [0.3, 0.4) is 0 Å². The highest BCUT2D eigenvalue weighted by Gasteiger charge is 2.20. The van der Waals surface area contributed by atoms with Gasteiger partial charge < -0.3 is 4.52 Å². The molecular formula is C12H15N3O2S. The summed E-state index contributed by atoms with van der Waals surface area (Å²) >= 11 is 1.47. The predicted molar refractivity (Wildman–Crippen MR) is 70.2 cm³/mol. The Labute approximate surface area is 109 Å². The molecule has 0 atom stereocenters. The van der Waals surface area contributed by atoms with Crippen LogP contribution < -0.4 is 5.32 Å². The summed E-state index contributed by atoms with van der Waals surface area (Å²) in [6.07, 6.45) is 0.663. The van der Waals surface area contributed by atoms with E-state index in [1.807, 2.05) is 20.8 Å². The Balaban J connectivity index is 2.24. The Bertz CT molecular complexity index is 567. The van der Waals surface area contributed by atoms with Crippen molar-refractivity contribution in [1.82, 2.24) is 10.1 Å². The van der Waals surface area contributed by atoms with Crippen LogP contribution in [0.1, 0.15) is 39.3 Å². The van der Waals surface area contributed by atoms with Crippen molar-refractivity contribution in [2.75, 3.05) is 5.32 Å². The zero-order valence-electron chi connectivity index (χ0n) is 10.8. The van der Waals surface area contributed by atoms with Gasteiger partial charge in [0.25, 0.3) is 5.91 Å². The van der Waals surface area contributed by atoms with Crippen molar-refractivity contribution in [3.8, 4) is 0 Å². The van der Waals surface area contributed by atoms with Crippen LogP contribution in [0.25, 0.3) is 0 Å². The molecule has 0 aliphatic heterocycles. The van der Waals surface area contributed by atoms with Crippen LogP contribution in [0.5, 0.6) is 0 Å². The molecule has 0 saturated carbocycles. The minimum atomic E-state index is -0.209. The molecule has 1 amide bonds. The van der Waals surface area contributed by atoms with Gasteiger partial charge in [0.2, 0.25) is 0 Å². The van der Waals surface area contributed by atoms with Crippen molar-refractivity contribution in [3.63, 3.8) is 0 Å². The molecule has 0 radical (unpaired) electrons. The Morgan fingerprint density at radius 2 is 2.11 bits per heavy atom. The smallest absolute Gasteiger partial charge is 0.262 e. The average Bonchev–Trinajstić information content (AvgIpc) is 2.83. The second-order valence-corrected chi connectivity index (χ2v) is 5.23. The Hall–Kier alpha value is -1.69. The second kappa shape index (κ2) is 4.89. The predicted octanol–water partition coefficient (Wildman–Crippen LogP) is 2.87. The van der Waals surface area contributed by atoms with Gasteiger partial charge in [-0.25, -0.2) is 4.98 Å². The first-order chi connectivity index (χ1) is 8.52. The standard InChI is InChI=1S/C12H15N3O2S/c1-5-9-10(7(3)17-15-9)11(16)14-12-13-6(2)8(4)18-12/h5H2,1-4H3,(H,13,14,16). The molecule has 0 spiro atoms. The molecule has 2 aromatic rings. The molecule has 2 aromatic heterocycles. The number of hydrogen-bond donors (Lipinski definition) is 1. The maximum atomic E-state index is 12.2. The lowest BCUT2D eigenvalue weighted by atomic mass is 10.1. The van der Waals surface area contributed by atoms with E-state index in [1.54, 1.807) is 6.92 Å². The number of aromatic nitrogens is 2. The maximum absolute atomic E-state index is 12.2. The summed E-state index contributed by atoms with van der Waals surface area (Å²) in [4.78, 5) is 17.5. The molecule has 0 aromatic carbocycles. The number of nitrogens with one attached hydrogen (secondary N) is 1. The summed E-state index contributed by atoms with van der Waals surface area (Å²) in [6.45, 7) is 7.57. The largest absolute Gasteiger partial charge is 0.361 e. The maximum Gasteiger partial charge on any atom is 0.262 e. The number of carbonyl (C=O) groups excluding carboxylic acids is 1. The fraction of sp³-hybridized carbons (Fsp3) is 0.417. The Morgan fingerprint density at radius 1 is 1.39 bits per heavy atom. The number of carbonyl (C=O) groups is 1. The molecule has 96 valence electrons. The number of rotatable bonds is 3. The highest BCUT2D eigenvalue weighted by Crippen LogP contribution is 2.23. The lowest BCUT2D eigenvalue weighted by Crippen LogP contribution is -2.14. The Kier molecular flexibility index (Phi) is 3.47. The molecule has 1 N–H and O–H groups in total. The van der Waals surface area contributed by atoms with Crippen molar-refractivity contribution in [1.29, 1.82) is 0 Å². The van der Waals surface area contributed by atoms with Crippen LogP contribution in [0.2, 0.25) is 0 Å². The molecule has 0 saturated heterocycles. The molecule has 2 rings (SSSR count). The summed E-state index contributed by atoms with van der Waals surface area (Å²) < 4.78 is 5.05.